The zero-order chi connectivity index (χ0) is 18.8. The maximum atomic E-state index is 12.3. The van der Waals surface area contributed by atoms with Gasteiger partial charge < -0.3 is 15.5 Å². The van der Waals surface area contributed by atoms with Crippen LogP contribution in [0.2, 0.25) is 0 Å². The van der Waals surface area contributed by atoms with Gasteiger partial charge in [-0.05, 0) is 71.3 Å². The van der Waals surface area contributed by atoms with Gasteiger partial charge in [-0.1, -0.05) is 11.6 Å². The Kier molecular flexibility index (Phi) is 8.28. The summed E-state index contributed by atoms with van der Waals surface area (Å²) in [6, 6.07) is 3.18. The Morgan fingerprint density at radius 2 is 1.96 bits per heavy atom. The van der Waals surface area contributed by atoms with E-state index in [4.69, 9.17) is 0 Å². The molecule has 0 saturated carbocycles. The summed E-state index contributed by atoms with van der Waals surface area (Å²) in [5.74, 6) is -0.406. The lowest BCUT2D eigenvalue weighted by Gasteiger charge is -2.13. The van der Waals surface area contributed by atoms with Crippen molar-refractivity contribution in [1.29, 1.82) is 0 Å². The van der Waals surface area contributed by atoms with Crippen LogP contribution in [0.4, 0.5) is 0 Å². The minimum atomic E-state index is -0.233. The number of carbonyl (C=O) groups excluding carboxylic acids is 2. The van der Waals surface area contributed by atoms with Gasteiger partial charge in [0.15, 0.2) is 0 Å². The lowest BCUT2D eigenvalue weighted by Crippen LogP contribution is -2.28. The highest BCUT2D eigenvalue weighted by Gasteiger charge is 2.12. The standard InChI is InChI=1S/C20H30N4O2/c1-24(2)14-6-11-22-19(25)17-10-13-21-18(15-17)20(26)23-12-9-16-7-4-3-5-8-16/h7,10,13,15H,3-6,8-9,11-12,14H2,1-2H3,(H,22,25)(H,23,26). The minimum absolute atomic E-state index is 0.174. The van der Waals surface area contributed by atoms with E-state index in [1.54, 1.807) is 12.1 Å². The summed E-state index contributed by atoms with van der Waals surface area (Å²) in [4.78, 5) is 30.6. The quantitative estimate of drug-likeness (QED) is 0.525. The molecule has 142 valence electrons. The molecule has 1 heterocycles. The highest BCUT2D eigenvalue weighted by atomic mass is 16.2. The average Bonchev–Trinajstić information content (AvgIpc) is 2.66. The monoisotopic (exact) mass is 358 g/mol. The van der Waals surface area contributed by atoms with E-state index in [2.05, 4.69) is 26.6 Å². The van der Waals surface area contributed by atoms with Crippen molar-refractivity contribution in [3.05, 3.63) is 41.2 Å². The molecule has 1 aromatic rings. The van der Waals surface area contributed by atoms with Gasteiger partial charge in [-0.3, -0.25) is 14.6 Å². The molecule has 6 heteroatoms. The van der Waals surface area contributed by atoms with Gasteiger partial charge in [-0.2, -0.15) is 0 Å². The van der Waals surface area contributed by atoms with Crippen LogP contribution in [0.25, 0.3) is 0 Å². The third-order valence-corrected chi connectivity index (χ3v) is 4.44. The molecule has 0 unspecified atom stereocenters. The number of aromatic nitrogens is 1. The molecule has 0 spiro atoms. The summed E-state index contributed by atoms with van der Waals surface area (Å²) in [5, 5.41) is 5.77. The second kappa shape index (κ2) is 10.7. The van der Waals surface area contributed by atoms with Crippen molar-refractivity contribution >= 4 is 11.8 Å². The summed E-state index contributed by atoms with van der Waals surface area (Å²) in [7, 11) is 4.00. The van der Waals surface area contributed by atoms with Gasteiger partial charge in [-0.15, -0.1) is 0 Å². The van der Waals surface area contributed by atoms with Crippen molar-refractivity contribution in [1.82, 2.24) is 20.5 Å². The van der Waals surface area contributed by atoms with Crippen molar-refractivity contribution in [2.45, 2.75) is 38.5 Å². The third kappa shape index (κ3) is 6.96. The van der Waals surface area contributed by atoms with Crippen LogP contribution in [0.15, 0.2) is 30.0 Å². The number of hydrogen-bond donors (Lipinski definition) is 2. The molecule has 2 rings (SSSR count). The molecule has 26 heavy (non-hydrogen) atoms. The Hall–Kier alpha value is -2.21. The lowest BCUT2D eigenvalue weighted by molar-refractivity contribution is 0.0949. The molecule has 0 aliphatic heterocycles. The van der Waals surface area contributed by atoms with Gasteiger partial charge in [0.2, 0.25) is 0 Å². The van der Waals surface area contributed by atoms with Gasteiger partial charge in [0.1, 0.15) is 5.69 Å². The van der Waals surface area contributed by atoms with Crippen molar-refractivity contribution in [3.63, 3.8) is 0 Å². The molecule has 1 aromatic heterocycles. The van der Waals surface area contributed by atoms with Crippen LogP contribution in [-0.4, -0.2) is 55.4 Å². The number of nitrogens with one attached hydrogen (secondary N) is 2. The number of carbonyl (C=O) groups is 2. The number of hydrogen-bond acceptors (Lipinski definition) is 4. The fourth-order valence-corrected chi connectivity index (χ4v) is 2.95. The average molecular weight is 358 g/mol. The first-order valence-electron chi connectivity index (χ1n) is 9.41. The smallest absolute Gasteiger partial charge is 0.269 e. The minimum Gasteiger partial charge on any atom is -0.352 e. The van der Waals surface area contributed by atoms with Crippen LogP contribution in [0, 0.1) is 0 Å². The van der Waals surface area contributed by atoms with Crippen LogP contribution in [0.3, 0.4) is 0 Å². The maximum Gasteiger partial charge on any atom is 0.269 e. The maximum absolute atomic E-state index is 12.3. The van der Waals surface area contributed by atoms with Crippen molar-refractivity contribution in [3.8, 4) is 0 Å². The summed E-state index contributed by atoms with van der Waals surface area (Å²) >= 11 is 0. The second-order valence-electron chi connectivity index (χ2n) is 6.96. The highest BCUT2D eigenvalue weighted by Crippen LogP contribution is 2.19. The molecule has 2 amide bonds. The molecule has 6 nitrogen and oxygen atoms in total. The molecule has 1 aliphatic carbocycles. The first-order chi connectivity index (χ1) is 12.6. The molecule has 2 N–H and O–H groups in total. The number of amides is 2. The zero-order valence-electron chi connectivity index (χ0n) is 15.9. The predicted molar refractivity (Wildman–Crippen MR) is 103 cm³/mol. The number of pyridine rings is 1. The summed E-state index contributed by atoms with van der Waals surface area (Å²) in [6.07, 6.45) is 10.4. The highest BCUT2D eigenvalue weighted by molar-refractivity contribution is 5.98. The first kappa shape index (κ1) is 20.1. The van der Waals surface area contributed by atoms with E-state index in [1.165, 1.54) is 24.6 Å². The molecular weight excluding hydrogens is 328 g/mol. The molecule has 0 saturated heterocycles. The molecule has 0 atom stereocenters. The molecule has 0 radical (unpaired) electrons. The second-order valence-corrected chi connectivity index (χ2v) is 6.96. The van der Waals surface area contributed by atoms with Gasteiger partial charge in [0.05, 0.1) is 0 Å². The van der Waals surface area contributed by atoms with E-state index in [9.17, 15) is 9.59 Å². The van der Waals surface area contributed by atoms with Gasteiger partial charge in [-0.25, -0.2) is 0 Å². The largest absolute Gasteiger partial charge is 0.352 e. The van der Waals surface area contributed by atoms with Crippen LogP contribution in [-0.2, 0) is 0 Å². The SMILES string of the molecule is CN(C)CCCNC(=O)c1ccnc(C(=O)NCCC2=CCCCC2)c1. The van der Waals surface area contributed by atoms with Gasteiger partial charge >= 0.3 is 0 Å². The fraction of sp³-hybridized carbons (Fsp3) is 0.550. The third-order valence-electron chi connectivity index (χ3n) is 4.44. The number of allylic oxidation sites excluding steroid dienone is 1. The van der Waals surface area contributed by atoms with Crippen LogP contribution in [0.1, 0.15) is 59.4 Å². The molecule has 1 aliphatic rings. The topological polar surface area (TPSA) is 74.3 Å². The van der Waals surface area contributed by atoms with E-state index in [-0.39, 0.29) is 17.5 Å². The summed E-state index contributed by atoms with van der Waals surface area (Å²) < 4.78 is 0. The van der Waals surface area contributed by atoms with Gasteiger partial charge in [0.25, 0.3) is 11.8 Å². The Morgan fingerprint density at radius 1 is 1.15 bits per heavy atom. The van der Waals surface area contributed by atoms with Gasteiger partial charge in [0, 0.05) is 24.8 Å². The summed E-state index contributed by atoms with van der Waals surface area (Å²) in [6.45, 7) is 2.13. The molecule has 0 bridgehead atoms. The first-order valence-corrected chi connectivity index (χ1v) is 9.41. The number of nitrogens with zero attached hydrogens (tertiary/aromatic N) is 2. The Morgan fingerprint density at radius 3 is 2.69 bits per heavy atom. The summed E-state index contributed by atoms with van der Waals surface area (Å²) in [5.41, 5.74) is 2.17. The van der Waals surface area contributed by atoms with Crippen molar-refractivity contribution in [2.24, 2.45) is 0 Å². The molecule has 0 aromatic carbocycles. The normalized spacial score (nSPS) is 14.0. The fourth-order valence-electron chi connectivity index (χ4n) is 2.95. The zero-order valence-corrected chi connectivity index (χ0v) is 15.9. The Labute approximate surface area is 156 Å². The predicted octanol–water partition coefficient (Wildman–Crippen LogP) is 2.38. The van der Waals surface area contributed by atoms with E-state index in [0.29, 0.717) is 18.7 Å². The lowest BCUT2D eigenvalue weighted by atomic mass is 9.97. The van der Waals surface area contributed by atoms with E-state index < -0.39 is 0 Å². The Bertz CT molecular complexity index is 640. The molecule has 0 fully saturated rings. The van der Waals surface area contributed by atoms with E-state index in [1.807, 2.05) is 14.1 Å². The van der Waals surface area contributed by atoms with Crippen LogP contribution in [0.5, 0.6) is 0 Å². The van der Waals surface area contributed by atoms with E-state index >= 15 is 0 Å². The molecular formula is C20H30N4O2. The van der Waals surface area contributed by atoms with Crippen molar-refractivity contribution < 1.29 is 9.59 Å². The van der Waals surface area contributed by atoms with Crippen LogP contribution >= 0.6 is 0 Å². The van der Waals surface area contributed by atoms with Crippen molar-refractivity contribution in [2.75, 3.05) is 33.7 Å². The Balaban J connectivity index is 1.80. The van der Waals surface area contributed by atoms with Crippen LogP contribution < -0.4 is 10.6 Å². The number of rotatable bonds is 9. The van der Waals surface area contributed by atoms with E-state index in [0.717, 1.165) is 32.2 Å².